The van der Waals surface area contributed by atoms with E-state index < -0.39 is 17.9 Å². The Morgan fingerprint density at radius 1 is 1.31 bits per heavy atom. The average Bonchev–Trinajstić information content (AvgIpc) is 2.57. The lowest BCUT2D eigenvalue weighted by atomic mass is 10.1. The van der Waals surface area contributed by atoms with Crippen LogP contribution in [0.2, 0.25) is 0 Å². The lowest BCUT2D eigenvalue weighted by molar-refractivity contribution is -0.108. The number of hydrogen-bond donors (Lipinski definition) is 0. The molecule has 16 heavy (non-hydrogen) atoms. The van der Waals surface area contributed by atoms with Gasteiger partial charge in [-0.3, -0.25) is 0 Å². The van der Waals surface area contributed by atoms with E-state index in [1.54, 1.807) is 0 Å². The van der Waals surface area contributed by atoms with Gasteiger partial charge in [0.2, 0.25) is 0 Å². The first-order chi connectivity index (χ1) is 7.39. The molecule has 2 aromatic rings. The highest BCUT2D eigenvalue weighted by molar-refractivity contribution is 5.43. The van der Waals surface area contributed by atoms with Crippen molar-refractivity contribution >= 4 is 5.65 Å². The monoisotopic (exact) mass is 231 g/mol. The highest BCUT2D eigenvalue weighted by Crippen LogP contribution is 2.33. The van der Waals surface area contributed by atoms with E-state index in [4.69, 9.17) is 0 Å². The molecule has 0 aliphatic heterocycles. The van der Waals surface area contributed by atoms with Crippen molar-refractivity contribution in [3.8, 4) is 0 Å². The summed E-state index contributed by atoms with van der Waals surface area (Å²) < 4.78 is 51.4. The van der Waals surface area contributed by atoms with Crippen LogP contribution in [-0.4, -0.2) is 15.6 Å². The minimum absolute atomic E-state index is 0.151. The van der Waals surface area contributed by atoms with E-state index >= 15 is 0 Å². The highest BCUT2D eigenvalue weighted by Gasteiger charge is 2.39. The molecule has 1 radical (unpaired) electrons. The van der Waals surface area contributed by atoms with Crippen LogP contribution >= 0.6 is 0 Å². The number of hydrogen-bond acceptors (Lipinski definition) is 1. The fourth-order valence-corrected chi connectivity index (χ4v) is 1.38. The van der Waals surface area contributed by atoms with E-state index in [9.17, 15) is 17.6 Å². The van der Waals surface area contributed by atoms with Crippen LogP contribution in [0.4, 0.5) is 17.6 Å². The number of pyridine rings is 1. The topological polar surface area (TPSA) is 17.3 Å². The third kappa shape index (κ3) is 1.75. The van der Waals surface area contributed by atoms with Crippen molar-refractivity contribution in [2.24, 2.45) is 0 Å². The van der Waals surface area contributed by atoms with Crippen molar-refractivity contribution in [3.05, 3.63) is 42.0 Å². The van der Waals surface area contributed by atoms with Crippen molar-refractivity contribution in [2.45, 2.75) is 13.1 Å². The van der Waals surface area contributed by atoms with Gasteiger partial charge < -0.3 is 4.40 Å². The molecule has 0 saturated carbocycles. The Morgan fingerprint density at radius 2 is 2.00 bits per heavy atom. The molecule has 0 fully saturated rings. The Kier molecular flexibility index (Phi) is 2.36. The van der Waals surface area contributed by atoms with Crippen LogP contribution in [0.15, 0.2) is 24.5 Å². The van der Waals surface area contributed by atoms with E-state index in [0.717, 1.165) is 29.8 Å². The quantitative estimate of drug-likeness (QED) is 0.689. The summed E-state index contributed by atoms with van der Waals surface area (Å²) in [6, 6.07) is 2.47. The van der Waals surface area contributed by atoms with Crippen LogP contribution < -0.4 is 0 Å². The first-order valence-electron chi connectivity index (χ1n) is 4.43. The van der Waals surface area contributed by atoms with Crippen molar-refractivity contribution in [3.63, 3.8) is 0 Å². The van der Waals surface area contributed by atoms with Crippen LogP contribution in [0.1, 0.15) is 12.6 Å². The molecule has 0 spiro atoms. The van der Waals surface area contributed by atoms with E-state index in [1.807, 2.05) is 0 Å². The zero-order valence-corrected chi connectivity index (χ0v) is 8.22. The van der Waals surface area contributed by atoms with Gasteiger partial charge in [-0.2, -0.15) is 13.2 Å². The summed E-state index contributed by atoms with van der Waals surface area (Å²) in [5.41, 5.74) is 0.127. The Morgan fingerprint density at radius 3 is 2.62 bits per heavy atom. The van der Waals surface area contributed by atoms with Gasteiger partial charge in [-0.25, -0.2) is 9.37 Å². The Bertz CT molecular complexity index is 515. The van der Waals surface area contributed by atoms with E-state index in [1.165, 1.54) is 6.07 Å². The molecule has 85 valence electrons. The van der Waals surface area contributed by atoms with Gasteiger partial charge in [0, 0.05) is 6.20 Å². The van der Waals surface area contributed by atoms with Gasteiger partial charge in [-0.05, 0) is 19.1 Å². The van der Waals surface area contributed by atoms with Gasteiger partial charge in [0.15, 0.2) is 0 Å². The molecule has 2 aromatic heterocycles. The largest absolute Gasteiger partial charge is 0.400 e. The summed E-state index contributed by atoms with van der Waals surface area (Å²) in [7, 11) is 0. The number of imidazole rings is 1. The third-order valence-electron chi connectivity index (χ3n) is 2.28. The van der Waals surface area contributed by atoms with E-state index in [0.29, 0.717) is 0 Å². The normalized spacial score (nSPS) is 12.6. The fraction of sp³-hybridized carbons (Fsp3) is 0.200. The first kappa shape index (κ1) is 10.9. The number of rotatable bonds is 1. The van der Waals surface area contributed by atoms with Gasteiger partial charge >= 0.3 is 6.18 Å². The molecule has 2 heterocycles. The highest BCUT2D eigenvalue weighted by atomic mass is 19.4. The van der Waals surface area contributed by atoms with Gasteiger partial charge in [0.25, 0.3) is 0 Å². The maximum Gasteiger partial charge on any atom is 0.400 e. The Labute approximate surface area is 88.5 Å². The van der Waals surface area contributed by atoms with E-state index in [-0.39, 0.29) is 11.3 Å². The number of aromatic nitrogens is 2. The summed E-state index contributed by atoms with van der Waals surface area (Å²) in [6.07, 6.45) is -2.38. The Balaban J connectivity index is 2.57. The molecule has 0 atom stereocenters. The number of nitrogens with zero attached hydrogens (tertiary/aromatic N) is 2. The Hall–Kier alpha value is -1.59. The zero-order chi connectivity index (χ0) is 11.9. The molecule has 2 rings (SSSR count). The number of alkyl halides is 3. The summed E-state index contributed by atoms with van der Waals surface area (Å²) in [5, 5.41) is 0. The van der Waals surface area contributed by atoms with Crippen LogP contribution in [0.5, 0.6) is 0 Å². The van der Waals surface area contributed by atoms with Crippen LogP contribution in [0.25, 0.3) is 5.65 Å². The molecule has 2 nitrogen and oxygen atoms in total. The van der Waals surface area contributed by atoms with Crippen molar-refractivity contribution in [1.82, 2.24) is 9.38 Å². The van der Waals surface area contributed by atoms with Gasteiger partial charge in [0.05, 0.1) is 11.9 Å². The standard InChI is InChI=1S/C10H7F4N2/c1-6(10(12,13)14)8-4-15-9-3-2-7(11)5-16(8)9/h2-5H,1H3. The maximum atomic E-state index is 12.9. The smallest absolute Gasteiger partial charge is 0.300 e. The second-order valence-corrected chi connectivity index (χ2v) is 3.34. The average molecular weight is 231 g/mol. The first-order valence-corrected chi connectivity index (χ1v) is 4.43. The van der Waals surface area contributed by atoms with Crippen LogP contribution in [-0.2, 0) is 0 Å². The van der Waals surface area contributed by atoms with Crippen molar-refractivity contribution in [1.29, 1.82) is 0 Å². The van der Waals surface area contributed by atoms with Crippen molar-refractivity contribution in [2.75, 3.05) is 0 Å². The lowest BCUT2D eigenvalue weighted by Gasteiger charge is -2.14. The summed E-state index contributed by atoms with van der Waals surface area (Å²) >= 11 is 0. The van der Waals surface area contributed by atoms with Gasteiger partial charge in [-0.15, -0.1) is 0 Å². The molecule has 0 amide bonds. The predicted molar refractivity (Wildman–Crippen MR) is 49.2 cm³/mol. The molecular formula is C10H7F4N2. The fourth-order valence-electron chi connectivity index (χ4n) is 1.38. The zero-order valence-electron chi connectivity index (χ0n) is 8.22. The van der Waals surface area contributed by atoms with E-state index in [2.05, 4.69) is 4.98 Å². The second kappa shape index (κ2) is 3.47. The SMILES string of the molecule is C[C](c1cnc2ccc(F)cn12)C(F)(F)F. The molecular weight excluding hydrogens is 224 g/mol. The maximum absolute atomic E-state index is 12.9. The molecule has 0 saturated heterocycles. The predicted octanol–water partition coefficient (Wildman–Crippen LogP) is 2.98. The molecule has 0 aromatic carbocycles. The minimum atomic E-state index is -4.44. The third-order valence-corrected chi connectivity index (χ3v) is 2.28. The lowest BCUT2D eigenvalue weighted by Crippen LogP contribution is -2.20. The second-order valence-electron chi connectivity index (χ2n) is 3.34. The number of halogens is 4. The van der Waals surface area contributed by atoms with Gasteiger partial charge in [0.1, 0.15) is 17.4 Å². The molecule has 0 unspecified atom stereocenters. The summed E-state index contributed by atoms with van der Waals surface area (Å²) in [4.78, 5) is 3.77. The molecule has 0 N–H and O–H groups in total. The van der Waals surface area contributed by atoms with Gasteiger partial charge in [-0.1, -0.05) is 0 Å². The van der Waals surface area contributed by atoms with Crippen molar-refractivity contribution < 1.29 is 17.6 Å². The molecule has 0 aliphatic carbocycles. The van der Waals surface area contributed by atoms with Crippen LogP contribution in [0.3, 0.4) is 0 Å². The molecule has 6 heteroatoms. The number of fused-ring (bicyclic) bond motifs is 1. The summed E-state index contributed by atoms with van der Waals surface area (Å²) in [6.45, 7) is 0.939. The molecule has 0 bridgehead atoms. The minimum Gasteiger partial charge on any atom is -0.300 e. The summed E-state index contributed by atoms with van der Waals surface area (Å²) in [5.74, 6) is -1.41. The van der Waals surface area contributed by atoms with Crippen LogP contribution in [0, 0.1) is 11.7 Å². The molecule has 0 aliphatic rings.